The molecule has 1 aromatic carbocycles. The lowest BCUT2D eigenvalue weighted by Crippen LogP contribution is -2.50. The normalized spacial score (nSPS) is 18.9. The zero-order valence-electron chi connectivity index (χ0n) is 15.8. The summed E-state index contributed by atoms with van der Waals surface area (Å²) in [5.41, 5.74) is 6.35. The van der Waals surface area contributed by atoms with Gasteiger partial charge in [0.15, 0.2) is 6.61 Å². The quantitative estimate of drug-likeness (QED) is 0.588. The van der Waals surface area contributed by atoms with Crippen LogP contribution in [0.5, 0.6) is 0 Å². The third kappa shape index (κ3) is 5.16. The number of amides is 1. The number of ether oxygens (including phenoxy) is 1. The molecule has 1 amide bonds. The number of hydrogen-bond acceptors (Lipinski definition) is 4. The first-order chi connectivity index (χ1) is 13.1. The average molecular weight is 393 g/mol. The van der Waals surface area contributed by atoms with E-state index in [9.17, 15) is 9.59 Å². The summed E-state index contributed by atoms with van der Waals surface area (Å²) in [7, 11) is 0. The molecule has 2 aliphatic carbocycles. The molecule has 27 heavy (non-hydrogen) atoms. The van der Waals surface area contributed by atoms with Crippen LogP contribution < -0.4 is 5.73 Å². The molecule has 0 unspecified atom stereocenters. The van der Waals surface area contributed by atoms with Gasteiger partial charge in [-0.15, -0.1) is 0 Å². The van der Waals surface area contributed by atoms with Crippen molar-refractivity contribution in [1.29, 1.82) is 0 Å². The Labute approximate surface area is 166 Å². The Hall–Kier alpha value is -1.75. The van der Waals surface area contributed by atoms with E-state index in [2.05, 4.69) is 4.90 Å². The molecule has 3 rings (SSSR count). The highest BCUT2D eigenvalue weighted by molar-refractivity contribution is 6.31. The van der Waals surface area contributed by atoms with Gasteiger partial charge in [0, 0.05) is 22.8 Å². The fraction of sp³-hybridized carbons (Fsp3) is 0.619. The molecule has 2 fully saturated rings. The van der Waals surface area contributed by atoms with E-state index in [1.807, 2.05) is 0 Å². The molecule has 6 heteroatoms. The molecule has 0 aliphatic heterocycles. The fourth-order valence-corrected chi connectivity index (χ4v) is 4.60. The Morgan fingerprint density at radius 3 is 2.07 bits per heavy atom. The number of benzene rings is 1. The number of halogens is 1. The molecule has 2 saturated carbocycles. The van der Waals surface area contributed by atoms with Crippen LogP contribution in [0.2, 0.25) is 5.02 Å². The van der Waals surface area contributed by atoms with E-state index in [1.165, 1.54) is 50.7 Å². The van der Waals surface area contributed by atoms with Crippen LogP contribution >= 0.6 is 11.6 Å². The van der Waals surface area contributed by atoms with Crippen LogP contribution in [0.25, 0.3) is 0 Å². The van der Waals surface area contributed by atoms with Crippen LogP contribution in [-0.4, -0.2) is 35.5 Å². The number of hydrogen-bond donors (Lipinski definition) is 1. The summed E-state index contributed by atoms with van der Waals surface area (Å²) in [6.45, 7) is -0.228. The molecule has 1 aromatic rings. The van der Waals surface area contributed by atoms with Crippen LogP contribution in [0.4, 0.5) is 5.69 Å². The van der Waals surface area contributed by atoms with Crippen LogP contribution in [0.3, 0.4) is 0 Å². The third-order valence-corrected chi connectivity index (χ3v) is 6.02. The lowest BCUT2D eigenvalue weighted by atomic mass is 9.88. The second kappa shape index (κ2) is 9.45. The van der Waals surface area contributed by atoms with E-state index in [0.29, 0.717) is 5.02 Å². The van der Waals surface area contributed by atoms with Gasteiger partial charge in [-0.3, -0.25) is 4.79 Å². The first-order valence-electron chi connectivity index (χ1n) is 10.1. The van der Waals surface area contributed by atoms with Crippen molar-refractivity contribution >= 4 is 29.2 Å². The number of esters is 1. The van der Waals surface area contributed by atoms with Gasteiger partial charge in [0.05, 0.1) is 5.56 Å². The number of carbonyl (C=O) groups is 2. The zero-order chi connectivity index (χ0) is 19.2. The summed E-state index contributed by atoms with van der Waals surface area (Å²) in [6.07, 6.45) is 11.4. The summed E-state index contributed by atoms with van der Waals surface area (Å²) in [5.74, 6) is -0.653. The molecular weight excluding hydrogens is 364 g/mol. The molecule has 5 nitrogen and oxygen atoms in total. The van der Waals surface area contributed by atoms with Gasteiger partial charge in [-0.1, -0.05) is 50.1 Å². The maximum absolute atomic E-state index is 13.0. The monoisotopic (exact) mass is 392 g/mol. The minimum Gasteiger partial charge on any atom is -0.452 e. The highest BCUT2D eigenvalue weighted by atomic mass is 35.5. The molecule has 2 N–H and O–H groups in total. The third-order valence-electron chi connectivity index (χ3n) is 5.78. The maximum Gasteiger partial charge on any atom is 0.340 e. The SMILES string of the molecule is Nc1cc(Cl)ccc1C(=O)OCC(=O)N(C1CCCCC1)C1CCCCC1. The number of anilines is 1. The van der Waals surface area contributed by atoms with Crippen molar-refractivity contribution in [1.82, 2.24) is 4.90 Å². The Balaban J connectivity index is 1.65. The summed E-state index contributed by atoms with van der Waals surface area (Å²) in [6, 6.07) is 5.20. The minimum absolute atomic E-state index is 0.0744. The standard InChI is InChI=1S/C21H29ClN2O3/c22-15-11-12-18(19(23)13-15)21(26)27-14-20(25)24(16-7-3-1-4-8-16)17-9-5-2-6-10-17/h11-13,16-17H,1-10,14,23H2. The van der Waals surface area contributed by atoms with Crippen molar-refractivity contribution < 1.29 is 14.3 Å². The van der Waals surface area contributed by atoms with Gasteiger partial charge in [0.1, 0.15) is 0 Å². The topological polar surface area (TPSA) is 72.6 Å². The lowest BCUT2D eigenvalue weighted by molar-refractivity contribution is -0.141. The number of rotatable bonds is 5. The Morgan fingerprint density at radius 1 is 1.00 bits per heavy atom. The van der Waals surface area contributed by atoms with Crippen molar-refractivity contribution in [3.63, 3.8) is 0 Å². The van der Waals surface area contributed by atoms with Gasteiger partial charge in [-0.2, -0.15) is 0 Å². The smallest absolute Gasteiger partial charge is 0.340 e. The van der Waals surface area contributed by atoms with E-state index in [0.717, 1.165) is 25.7 Å². The molecular formula is C21H29ClN2O3. The first kappa shape index (κ1) is 20.0. The Kier molecular flexibility index (Phi) is 7.00. The van der Waals surface area contributed by atoms with E-state index < -0.39 is 5.97 Å². The second-order valence-corrected chi connectivity index (χ2v) is 8.13. The van der Waals surface area contributed by atoms with E-state index >= 15 is 0 Å². The fourth-order valence-electron chi connectivity index (χ4n) is 4.42. The highest BCUT2D eigenvalue weighted by Crippen LogP contribution is 2.30. The molecule has 0 spiro atoms. The number of nitrogens with two attached hydrogens (primary N) is 1. The zero-order valence-corrected chi connectivity index (χ0v) is 16.5. The molecule has 0 atom stereocenters. The molecule has 148 valence electrons. The predicted molar refractivity (Wildman–Crippen MR) is 107 cm³/mol. The Bertz CT molecular complexity index is 649. The summed E-state index contributed by atoms with van der Waals surface area (Å²) >= 11 is 5.87. The molecule has 0 bridgehead atoms. The van der Waals surface area contributed by atoms with Crippen LogP contribution in [-0.2, 0) is 9.53 Å². The van der Waals surface area contributed by atoms with Gasteiger partial charge >= 0.3 is 5.97 Å². The van der Waals surface area contributed by atoms with E-state index in [1.54, 1.807) is 6.07 Å². The first-order valence-corrected chi connectivity index (χ1v) is 10.5. The second-order valence-electron chi connectivity index (χ2n) is 7.69. The van der Waals surface area contributed by atoms with Crippen LogP contribution in [0.1, 0.15) is 74.6 Å². The van der Waals surface area contributed by atoms with Crippen molar-refractivity contribution in [3.8, 4) is 0 Å². The van der Waals surface area contributed by atoms with Gasteiger partial charge in [-0.25, -0.2) is 4.79 Å². The molecule has 0 aromatic heterocycles. The average Bonchev–Trinajstić information content (AvgIpc) is 2.68. The van der Waals surface area contributed by atoms with Crippen molar-refractivity contribution in [2.24, 2.45) is 0 Å². The van der Waals surface area contributed by atoms with Gasteiger partial charge in [0.25, 0.3) is 5.91 Å². The minimum atomic E-state index is -0.579. The summed E-state index contributed by atoms with van der Waals surface area (Å²) < 4.78 is 5.32. The number of nitrogens with zero attached hydrogens (tertiary/aromatic N) is 1. The van der Waals surface area contributed by atoms with Crippen molar-refractivity contribution in [2.75, 3.05) is 12.3 Å². The van der Waals surface area contributed by atoms with Crippen molar-refractivity contribution in [3.05, 3.63) is 28.8 Å². The summed E-state index contributed by atoms with van der Waals surface area (Å²) in [4.78, 5) is 27.4. The van der Waals surface area contributed by atoms with E-state index in [-0.39, 0.29) is 35.8 Å². The highest BCUT2D eigenvalue weighted by Gasteiger charge is 2.32. The molecule has 0 saturated heterocycles. The maximum atomic E-state index is 13.0. The van der Waals surface area contributed by atoms with Crippen LogP contribution in [0, 0.1) is 0 Å². The number of nitrogen functional groups attached to an aromatic ring is 1. The van der Waals surface area contributed by atoms with Crippen molar-refractivity contribution in [2.45, 2.75) is 76.3 Å². The number of carbonyl (C=O) groups excluding carboxylic acids is 2. The van der Waals surface area contributed by atoms with Gasteiger partial charge in [-0.05, 0) is 43.9 Å². The molecule has 0 heterocycles. The van der Waals surface area contributed by atoms with E-state index in [4.69, 9.17) is 22.1 Å². The Morgan fingerprint density at radius 2 is 1.56 bits per heavy atom. The largest absolute Gasteiger partial charge is 0.452 e. The lowest BCUT2D eigenvalue weighted by Gasteiger charge is -2.41. The predicted octanol–water partition coefficient (Wildman–Crippen LogP) is 4.57. The van der Waals surface area contributed by atoms with Gasteiger partial charge in [0.2, 0.25) is 0 Å². The molecule has 0 radical (unpaired) electrons. The molecule has 2 aliphatic rings. The summed E-state index contributed by atoms with van der Waals surface area (Å²) in [5, 5.41) is 0.459. The van der Waals surface area contributed by atoms with Gasteiger partial charge < -0.3 is 15.4 Å². The van der Waals surface area contributed by atoms with Crippen LogP contribution in [0.15, 0.2) is 18.2 Å².